The Kier molecular flexibility index (Phi) is 7.27. The van der Waals surface area contributed by atoms with Crippen LogP contribution in [0, 0.1) is 5.92 Å². The zero-order chi connectivity index (χ0) is 18.4. The van der Waals surface area contributed by atoms with Crippen molar-refractivity contribution < 1.29 is 9.59 Å². The lowest BCUT2D eigenvalue weighted by Gasteiger charge is -2.10. The number of primary amides is 1. The molecule has 2 aromatic rings. The second kappa shape index (κ2) is 9.21. The molecule has 1 atom stereocenters. The third-order valence-electron chi connectivity index (χ3n) is 3.01. The Morgan fingerprint density at radius 2 is 1.80 bits per heavy atom. The van der Waals surface area contributed by atoms with E-state index in [1.165, 1.54) is 23.1 Å². The van der Waals surface area contributed by atoms with Crippen molar-refractivity contribution in [3.8, 4) is 0 Å². The first-order valence-electron chi connectivity index (χ1n) is 7.69. The minimum absolute atomic E-state index is 0.136. The summed E-state index contributed by atoms with van der Waals surface area (Å²) in [7, 11) is 0. The maximum atomic E-state index is 12.3. The van der Waals surface area contributed by atoms with Gasteiger partial charge in [-0.2, -0.15) is 0 Å². The SMILES string of the molecule is CC(C)CSc1nnc(S[C@H](C)C(=O)Nc2ccc(C(N)=O)cc2)s1. The van der Waals surface area contributed by atoms with Crippen molar-refractivity contribution in [3.63, 3.8) is 0 Å². The average molecular weight is 397 g/mol. The quantitative estimate of drug-likeness (QED) is 0.663. The third kappa shape index (κ3) is 6.33. The van der Waals surface area contributed by atoms with E-state index in [2.05, 4.69) is 29.4 Å². The van der Waals surface area contributed by atoms with Crippen molar-refractivity contribution in [2.75, 3.05) is 11.1 Å². The van der Waals surface area contributed by atoms with Crippen LogP contribution in [0.4, 0.5) is 5.69 Å². The molecule has 0 unspecified atom stereocenters. The van der Waals surface area contributed by atoms with E-state index in [1.54, 1.807) is 36.0 Å². The number of aromatic nitrogens is 2. The van der Waals surface area contributed by atoms with Crippen LogP contribution >= 0.6 is 34.9 Å². The number of anilines is 1. The highest BCUT2D eigenvalue weighted by Gasteiger charge is 2.17. The number of amides is 2. The molecule has 0 spiro atoms. The molecular weight excluding hydrogens is 376 g/mol. The van der Waals surface area contributed by atoms with Crippen molar-refractivity contribution >= 4 is 52.4 Å². The minimum Gasteiger partial charge on any atom is -0.366 e. The molecule has 0 saturated carbocycles. The molecule has 1 aromatic heterocycles. The fraction of sp³-hybridized carbons (Fsp3) is 0.375. The van der Waals surface area contributed by atoms with Crippen molar-refractivity contribution in [2.45, 2.75) is 34.7 Å². The molecule has 0 saturated heterocycles. The van der Waals surface area contributed by atoms with E-state index in [1.807, 2.05) is 6.92 Å². The fourth-order valence-electron chi connectivity index (χ4n) is 1.71. The number of hydrogen-bond donors (Lipinski definition) is 2. The van der Waals surface area contributed by atoms with Gasteiger partial charge < -0.3 is 11.1 Å². The summed E-state index contributed by atoms with van der Waals surface area (Å²) in [6.07, 6.45) is 0. The molecule has 1 heterocycles. The van der Waals surface area contributed by atoms with Crippen molar-refractivity contribution in [2.24, 2.45) is 11.7 Å². The van der Waals surface area contributed by atoms with Gasteiger partial charge in [0.1, 0.15) is 0 Å². The lowest BCUT2D eigenvalue weighted by atomic mass is 10.2. The molecule has 0 radical (unpaired) electrons. The first-order valence-corrected chi connectivity index (χ1v) is 10.4. The maximum absolute atomic E-state index is 12.3. The van der Waals surface area contributed by atoms with Crippen LogP contribution in [-0.2, 0) is 4.79 Å². The summed E-state index contributed by atoms with van der Waals surface area (Å²) >= 11 is 4.57. The number of nitrogens with zero attached hydrogens (tertiary/aromatic N) is 2. The van der Waals surface area contributed by atoms with Gasteiger partial charge in [-0.3, -0.25) is 9.59 Å². The van der Waals surface area contributed by atoms with Crippen molar-refractivity contribution in [3.05, 3.63) is 29.8 Å². The maximum Gasteiger partial charge on any atom is 0.248 e. The van der Waals surface area contributed by atoms with Crippen LogP contribution in [-0.4, -0.2) is 33.0 Å². The molecule has 0 aliphatic rings. The summed E-state index contributed by atoms with van der Waals surface area (Å²) in [6, 6.07) is 6.47. The molecule has 2 rings (SSSR count). The number of thioether (sulfide) groups is 2. The lowest BCUT2D eigenvalue weighted by Crippen LogP contribution is -2.22. The standard InChI is InChI=1S/C16H20N4O2S3/c1-9(2)8-23-15-19-20-16(25-15)24-10(3)14(22)18-12-6-4-11(5-7-12)13(17)21/h4-7,9-10H,8H2,1-3H3,(H2,17,21)(H,18,22)/t10-/m1/s1. The summed E-state index contributed by atoms with van der Waals surface area (Å²) in [5.74, 6) is 0.958. The van der Waals surface area contributed by atoms with Crippen LogP contribution in [0.3, 0.4) is 0 Å². The van der Waals surface area contributed by atoms with E-state index in [0.717, 1.165) is 14.4 Å². The first-order chi connectivity index (χ1) is 11.8. The van der Waals surface area contributed by atoms with Gasteiger partial charge >= 0.3 is 0 Å². The van der Waals surface area contributed by atoms with Gasteiger partial charge in [-0.05, 0) is 37.1 Å². The van der Waals surface area contributed by atoms with E-state index in [0.29, 0.717) is 17.2 Å². The van der Waals surface area contributed by atoms with Gasteiger partial charge in [0.25, 0.3) is 0 Å². The van der Waals surface area contributed by atoms with Gasteiger partial charge in [0.2, 0.25) is 11.8 Å². The highest BCUT2D eigenvalue weighted by molar-refractivity contribution is 8.03. The number of nitrogens with one attached hydrogen (secondary N) is 1. The molecule has 0 fully saturated rings. The Labute approximate surface area is 159 Å². The Morgan fingerprint density at radius 1 is 1.16 bits per heavy atom. The first kappa shape index (κ1) is 19.7. The smallest absolute Gasteiger partial charge is 0.248 e. The predicted molar refractivity (Wildman–Crippen MR) is 104 cm³/mol. The van der Waals surface area contributed by atoms with E-state index in [-0.39, 0.29) is 11.2 Å². The van der Waals surface area contributed by atoms with Crippen LogP contribution in [0.15, 0.2) is 32.9 Å². The Balaban J connectivity index is 1.88. The molecule has 0 aliphatic carbocycles. The van der Waals surface area contributed by atoms with Gasteiger partial charge in [-0.25, -0.2) is 0 Å². The summed E-state index contributed by atoms with van der Waals surface area (Å²) in [5.41, 5.74) is 6.22. The van der Waals surface area contributed by atoms with Gasteiger partial charge in [0, 0.05) is 17.0 Å². The average Bonchev–Trinajstić information content (AvgIpc) is 3.00. The molecule has 2 amide bonds. The Hall–Kier alpha value is -1.58. The monoisotopic (exact) mass is 396 g/mol. The second-order valence-corrected chi connectivity index (χ2v) is 9.56. The van der Waals surface area contributed by atoms with Gasteiger partial charge in [-0.1, -0.05) is 48.7 Å². The van der Waals surface area contributed by atoms with E-state index in [9.17, 15) is 9.59 Å². The number of hydrogen-bond acceptors (Lipinski definition) is 7. The topological polar surface area (TPSA) is 98.0 Å². The van der Waals surface area contributed by atoms with Gasteiger partial charge in [0.05, 0.1) is 5.25 Å². The molecule has 3 N–H and O–H groups in total. The molecule has 0 aliphatic heterocycles. The predicted octanol–water partition coefficient (Wildman–Crippen LogP) is 3.50. The number of carbonyl (C=O) groups is 2. The van der Waals surface area contributed by atoms with Crippen LogP contribution in [0.2, 0.25) is 0 Å². The van der Waals surface area contributed by atoms with Crippen LogP contribution < -0.4 is 11.1 Å². The van der Waals surface area contributed by atoms with Gasteiger partial charge in [-0.15, -0.1) is 10.2 Å². The molecule has 1 aromatic carbocycles. The number of rotatable bonds is 8. The zero-order valence-electron chi connectivity index (χ0n) is 14.2. The third-order valence-corrected chi connectivity index (χ3v) is 6.68. The summed E-state index contributed by atoms with van der Waals surface area (Å²) in [6.45, 7) is 6.14. The summed E-state index contributed by atoms with van der Waals surface area (Å²) in [4.78, 5) is 23.3. The molecule has 9 heteroatoms. The van der Waals surface area contributed by atoms with Gasteiger partial charge in [0.15, 0.2) is 8.68 Å². The largest absolute Gasteiger partial charge is 0.366 e. The van der Waals surface area contributed by atoms with Crippen molar-refractivity contribution in [1.82, 2.24) is 10.2 Å². The number of nitrogens with two attached hydrogens (primary N) is 1. The van der Waals surface area contributed by atoms with E-state index in [4.69, 9.17) is 5.73 Å². The molecule has 134 valence electrons. The minimum atomic E-state index is -0.496. The fourth-order valence-corrected chi connectivity index (χ4v) is 4.85. The summed E-state index contributed by atoms with van der Waals surface area (Å²) in [5, 5.41) is 10.8. The molecule has 6 nitrogen and oxygen atoms in total. The number of benzene rings is 1. The highest BCUT2D eigenvalue weighted by atomic mass is 32.2. The van der Waals surface area contributed by atoms with Crippen molar-refractivity contribution in [1.29, 1.82) is 0 Å². The Bertz CT molecular complexity index is 731. The van der Waals surface area contributed by atoms with Crippen LogP contribution in [0.1, 0.15) is 31.1 Å². The lowest BCUT2D eigenvalue weighted by molar-refractivity contribution is -0.115. The van der Waals surface area contributed by atoms with E-state index < -0.39 is 5.91 Å². The number of carbonyl (C=O) groups excluding carboxylic acids is 2. The highest BCUT2D eigenvalue weighted by Crippen LogP contribution is 2.32. The molecule has 25 heavy (non-hydrogen) atoms. The van der Waals surface area contributed by atoms with Crippen LogP contribution in [0.5, 0.6) is 0 Å². The zero-order valence-corrected chi connectivity index (χ0v) is 16.6. The summed E-state index contributed by atoms with van der Waals surface area (Å²) < 4.78 is 1.70. The molecular formula is C16H20N4O2S3. The normalized spacial score (nSPS) is 12.2. The van der Waals surface area contributed by atoms with E-state index >= 15 is 0 Å². The molecule has 0 bridgehead atoms. The Morgan fingerprint density at radius 3 is 2.40 bits per heavy atom. The second-order valence-electron chi connectivity index (χ2n) is 5.73. The van der Waals surface area contributed by atoms with Crippen LogP contribution in [0.25, 0.3) is 0 Å².